The Hall–Kier alpha value is -1.78. The molecule has 0 aliphatic carbocycles. The maximum atomic E-state index is 15.3. The van der Waals surface area contributed by atoms with Gasteiger partial charge in [0.1, 0.15) is 5.60 Å². The fourth-order valence-electron chi connectivity index (χ4n) is 2.62. The van der Waals surface area contributed by atoms with Crippen LogP contribution in [0.5, 0.6) is 0 Å². The minimum absolute atomic E-state index is 0.0177. The highest BCUT2D eigenvalue weighted by Gasteiger charge is 2.41. The Balaban J connectivity index is 2.17. The standard InChI is InChI=1S/C16H23FN2O2/c1-15(2,3)21-14(20)19-10-6-9-16(17,11-19)12-7-4-5-8-13(12)18/h4-5,7-8H,6,9-11,18H2,1-3H3. The Kier molecular flexibility index (Phi) is 4.12. The fourth-order valence-corrected chi connectivity index (χ4v) is 2.62. The summed E-state index contributed by atoms with van der Waals surface area (Å²) < 4.78 is 20.6. The number of nitrogen functional groups attached to an aromatic ring is 1. The van der Waals surface area contributed by atoms with Gasteiger partial charge in [-0.1, -0.05) is 18.2 Å². The molecule has 1 unspecified atom stereocenters. The highest BCUT2D eigenvalue weighted by atomic mass is 19.1. The van der Waals surface area contributed by atoms with Crippen LogP contribution in [0.1, 0.15) is 39.2 Å². The minimum Gasteiger partial charge on any atom is -0.444 e. The molecule has 1 fully saturated rings. The number of para-hydroxylation sites is 1. The number of hydrogen-bond donors (Lipinski definition) is 1. The topological polar surface area (TPSA) is 55.6 Å². The van der Waals surface area contributed by atoms with Crippen LogP contribution in [0.2, 0.25) is 0 Å². The molecule has 0 radical (unpaired) electrons. The van der Waals surface area contributed by atoms with E-state index >= 15 is 4.39 Å². The number of carbonyl (C=O) groups is 1. The molecule has 0 saturated carbocycles. The van der Waals surface area contributed by atoms with Crippen molar-refractivity contribution in [2.75, 3.05) is 18.8 Å². The van der Waals surface area contributed by atoms with Gasteiger partial charge >= 0.3 is 6.09 Å². The second-order valence-electron chi connectivity index (χ2n) is 6.56. The van der Waals surface area contributed by atoms with Crippen LogP contribution in [0.25, 0.3) is 0 Å². The minimum atomic E-state index is -1.61. The fraction of sp³-hybridized carbons (Fsp3) is 0.562. The first-order chi connectivity index (χ1) is 9.71. The van der Waals surface area contributed by atoms with Crippen LogP contribution in [-0.2, 0) is 10.4 Å². The summed E-state index contributed by atoms with van der Waals surface area (Å²) in [6, 6.07) is 6.91. The molecule has 0 spiro atoms. The van der Waals surface area contributed by atoms with E-state index in [0.717, 1.165) is 0 Å². The molecule has 0 bridgehead atoms. The quantitative estimate of drug-likeness (QED) is 0.807. The van der Waals surface area contributed by atoms with E-state index in [1.165, 1.54) is 4.90 Å². The summed E-state index contributed by atoms with van der Waals surface area (Å²) in [5, 5.41) is 0. The second kappa shape index (κ2) is 5.54. The third-order valence-corrected chi connectivity index (χ3v) is 3.54. The zero-order valence-corrected chi connectivity index (χ0v) is 12.9. The predicted molar refractivity (Wildman–Crippen MR) is 80.7 cm³/mol. The molecule has 1 amide bonds. The molecular weight excluding hydrogens is 271 g/mol. The van der Waals surface area contributed by atoms with Crippen LogP contribution in [0.3, 0.4) is 0 Å². The number of halogens is 1. The summed E-state index contributed by atoms with van der Waals surface area (Å²) in [5.74, 6) is 0. The summed E-state index contributed by atoms with van der Waals surface area (Å²) in [4.78, 5) is 13.6. The van der Waals surface area contributed by atoms with Crippen molar-refractivity contribution < 1.29 is 13.9 Å². The van der Waals surface area contributed by atoms with Crippen LogP contribution in [0.15, 0.2) is 24.3 Å². The molecule has 116 valence electrons. The third-order valence-electron chi connectivity index (χ3n) is 3.54. The molecule has 1 aliphatic rings. The van der Waals surface area contributed by atoms with Crippen molar-refractivity contribution >= 4 is 11.8 Å². The van der Waals surface area contributed by atoms with Crippen molar-refractivity contribution in [3.05, 3.63) is 29.8 Å². The van der Waals surface area contributed by atoms with Crippen molar-refractivity contribution in [1.82, 2.24) is 4.90 Å². The van der Waals surface area contributed by atoms with E-state index in [9.17, 15) is 4.79 Å². The van der Waals surface area contributed by atoms with Gasteiger partial charge in [-0.2, -0.15) is 0 Å². The summed E-state index contributed by atoms with van der Waals surface area (Å²) >= 11 is 0. The molecule has 0 aromatic heterocycles. The number of benzene rings is 1. The van der Waals surface area contributed by atoms with Crippen LogP contribution < -0.4 is 5.73 Å². The maximum Gasteiger partial charge on any atom is 0.410 e. The number of anilines is 1. The summed E-state index contributed by atoms with van der Waals surface area (Å²) in [6.07, 6.45) is 0.476. The van der Waals surface area contributed by atoms with Crippen LogP contribution in [-0.4, -0.2) is 29.7 Å². The van der Waals surface area contributed by atoms with Gasteiger partial charge in [0.15, 0.2) is 5.67 Å². The Morgan fingerprint density at radius 1 is 1.38 bits per heavy atom. The number of piperidine rings is 1. The highest BCUT2D eigenvalue weighted by molar-refractivity contribution is 5.68. The first kappa shape index (κ1) is 15.6. The highest BCUT2D eigenvalue weighted by Crippen LogP contribution is 2.38. The van der Waals surface area contributed by atoms with Crippen molar-refractivity contribution in [1.29, 1.82) is 0 Å². The molecule has 1 saturated heterocycles. The van der Waals surface area contributed by atoms with Gasteiger partial charge in [-0.05, 0) is 39.7 Å². The molecule has 4 nitrogen and oxygen atoms in total. The van der Waals surface area contributed by atoms with Gasteiger partial charge in [-0.25, -0.2) is 9.18 Å². The molecule has 1 aliphatic heterocycles. The molecule has 1 heterocycles. The Morgan fingerprint density at radius 3 is 2.67 bits per heavy atom. The van der Waals surface area contributed by atoms with E-state index in [-0.39, 0.29) is 6.54 Å². The normalized spacial score (nSPS) is 23.0. The van der Waals surface area contributed by atoms with Gasteiger partial charge in [0.05, 0.1) is 6.54 Å². The number of nitrogens with zero attached hydrogens (tertiary/aromatic N) is 1. The lowest BCUT2D eigenvalue weighted by atomic mass is 9.86. The van der Waals surface area contributed by atoms with E-state index in [1.807, 2.05) is 0 Å². The van der Waals surface area contributed by atoms with Gasteiger partial charge in [0.2, 0.25) is 0 Å². The van der Waals surface area contributed by atoms with Gasteiger partial charge in [0, 0.05) is 17.8 Å². The van der Waals surface area contributed by atoms with Crippen molar-refractivity contribution in [3.63, 3.8) is 0 Å². The van der Waals surface area contributed by atoms with E-state index in [4.69, 9.17) is 10.5 Å². The number of amides is 1. The largest absolute Gasteiger partial charge is 0.444 e. The number of rotatable bonds is 1. The van der Waals surface area contributed by atoms with Crippen molar-refractivity contribution in [2.24, 2.45) is 0 Å². The smallest absolute Gasteiger partial charge is 0.410 e. The number of likely N-dealkylation sites (tertiary alicyclic amines) is 1. The molecule has 1 aromatic rings. The number of alkyl halides is 1. The van der Waals surface area contributed by atoms with Crippen molar-refractivity contribution in [2.45, 2.75) is 44.9 Å². The van der Waals surface area contributed by atoms with E-state index < -0.39 is 17.4 Å². The second-order valence-corrected chi connectivity index (χ2v) is 6.56. The lowest BCUT2D eigenvalue weighted by Gasteiger charge is -2.38. The zero-order valence-electron chi connectivity index (χ0n) is 12.9. The molecule has 1 atom stereocenters. The number of hydrogen-bond acceptors (Lipinski definition) is 3. The summed E-state index contributed by atoms with van der Waals surface area (Å²) in [6.45, 7) is 5.88. The van der Waals surface area contributed by atoms with E-state index in [1.54, 1.807) is 45.0 Å². The zero-order chi connectivity index (χ0) is 15.7. The Labute approximate surface area is 125 Å². The molecule has 21 heavy (non-hydrogen) atoms. The molecular formula is C16H23FN2O2. The lowest BCUT2D eigenvalue weighted by molar-refractivity contribution is -0.00647. The third kappa shape index (κ3) is 3.65. The van der Waals surface area contributed by atoms with Crippen LogP contribution >= 0.6 is 0 Å². The monoisotopic (exact) mass is 294 g/mol. The predicted octanol–water partition coefficient (Wildman–Crippen LogP) is 3.46. The molecule has 1 aromatic carbocycles. The van der Waals surface area contributed by atoms with E-state index in [2.05, 4.69) is 0 Å². The average molecular weight is 294 g/mol. The van der Waals surface area contributed by atoms with Gasteiger partial charge in [0.25, 0.3) is 0 Å². The number of carbonyl (C=O) groups excluding carboxylic acids is 1. The average Bonchev–Trinajstić information content (AvgIpc) is 2.37. The lowest BCUT2D eigenvalue weighted by Crippen LogP contribution is -2.48. The van der Waals surface area contributed by atoms with Crippen molar-refractivity contribution in [3.8, 4) is 0 Å². The maximum absolute atomic E-state index is 15.3. The molecule has 2 rings (SSSR count). The summed E-state index contributed by atoms with van der Waals surface area (Å²) in [7, 11) is 0. The van der Waals surface area contributed by atoms with E-state index in [0.29, 0.717) is 30.6 Å². The van der Waals surface area contributed by atoms with Gasteiger partial charge in [-0.3, -0.25) is 0 Å². The SMILES string of the molecule is CC(C)(C)OC(=O)N1CCCC(F)(c2ccccc2N)C1. The van der Waals surface area contributed by atoms with Gasteiger partial charge in [-0.15, -0.1) is 0 Å². The Bertz CT molecular complexity index is 527. The molecule has 5 heteroatoms. The first-order valence-corrected chi connectivity index (χ1v) is 7.23. The first-order valence-electron chi connectivity index (χ1n) is 7.23. The Morgan fingerprint density at radius 2 is 2.05 bits per heavy atom. The number of nitrogens with two attached hydrogens (primary N) is 1. The molecule has 2 N–H and O–H groups in total. The van der Waals surface area contributed by atoms with Crippen LogP contribution in [0.4, 0.5) is 14.9 Å². The van der Waals surface area contributed by atoms with Crippen LogP contribution in [0, 0.1) is 0 Å². The van der Waals surface area contributed by atoms with Gasteiger partial charge < -0.3 is 15.4 Å². The number of ether oxygens (including phenoxy) is 1. The summed E-state index contributed by atoms with van der Waals surface area (Å²) in [5.41, 5.74) is 4.57.